The first-order valence-corrected chi connectivity index (χ1v) is 21.2. The van der Waals surface area contributed by atoms with Crippen LogP contribution in [0.2, 0.25) is 0 Å². The smallest absolute Gasteiger partial charge is 0.132 e. The summed E-state index contributed by atoms with van der Waals surface area (Å²) in [5, 5.41) is 2.55. The Morgan fingerprint density at radius 2 is 0.787 bits per heavy atom. The number of hydrogen-bond acceptors (Lipinski definition) is 1. The normalized spacial score (nSPS) is 15.9. The number of benzene rings is 10. The molecule has 10 aromatic carbocycles. The van der Waals surface area contributed by atoms with Crippen molar-refractivity contribution >= 4 is 10.8 Å². The van der Waals surface area contributed by atoms with Gasteiger partial charge in [0.2, 0.25) is 0 Å². The minimum atomic E-state index is -0.569. The number of para-hydroxylation sites is 1. The van der Waals surface area contributed by atoms with Crippen LogP contribution in [0.1, 0.15) is 44.5 Å². The fourth-order valence-corrected chi connectivity index (χ4v) is 11.3. The van der Waals surface area contributed by atoms with Crippen LogP contribution in [0.5, 0.6) is 11.5 Å². The van der Waals surface area contributed by atoms with Crippen LogP contribution in [-0.2, 0) is 10.8 Å². The molecule has 0 bridgehead atoms. The number of fused-ring (bicyclic) bond motifs is 13. The van der Waals surface area contributed by atoms with Crippen LogP contribution in [0.15, 0.2) is 231 Å². The summed E-state index contributed by atoms with van der Waals surface area (Å²) in [5.74, 6) is 1.76. The van der Waals surface area contributed by atoms with Gasteiger partial charge in [-0.05, 0) is 119 Å². The molecule has 3 aliphatic rings. The van der Waals surface area contributed by atoms with Gasteiger partial charge in [-0.2, -0.15) is 0 Å². The lowest BCUT2D eigenvalue weighted by atomic mass is 9.63. The van der Waals surface area contributed by atoms with Crippen molar-refractivity contribution in [1.29, 1.82) is 0 Å². The molecule has 1 nitrogen and oxygen atoms in total. The van der Waals surface area contributed by atoms with E-state index in [-0.39, 0.29) is 0 Å². The van der Waals surface area contributed by atoms with Crippen molar-refractivity contribution in [2.24, 2.45) is 0 Å². The first-order chi connectivity index (χ1) is 30.2. The van der Waals surface area contributed by atoms with Crippen LogP contribution in [0.3, 0.4) is 0 Å². The summed E-state index contributed by atoms with van der Waals surface area (Å²) >= 11 is 0. The van der Waals surface area contributed by atoms with Crippen LogP contribution in [0, 0.1) is 0 Å². The Morgan fingerprint density at radius 1 is 0.262 bits per heavy atom. The maximum atomic E-state index is 6.72. The van der Waals surface area contributed by atoms with Crippen molar-refractivity contribution in [3.8, 4) is 56.0 Å². The lowest BCUT2D eigenvalue weighted by Crippen LogP contribution is -2.34. The summed E-state index contributed by atoms with van der Waals surface area (Å²) in [6, 6.07) is 85.1. The SMILES string of the molecule is c1ccc(C2(c3ccccc3)c3ccccc3Oc3ccc(-c4ccc(-c5cccc6c5-c5ccccc5C65c6ccccc6-c6cc7ccccc7cc65)cc4)cc32)cc1. The Hall–Kier alpha value is -7.74. The van der Waals surface area contributed by atoms with Gasteiger partial charge in [-0.1, -0.05) is 200 Å². The average molecular weight is 775 g/mol. The van der Waals surface area contributed by atoms with Gasteiger partial charge >= 0.3 is 0 Å². The third kappa shape index (κ3) is 4.61. The Kier molecular flexibility index (Phi) is 7.21. The second kappa shape index (κ2) is 12.9. The maximum Gasteiger partial charge on any atom is 0.132 e. The maximum absolute atomic E-state index is 6.72. The van der Waals surface area contributed by atoms with Crippen molar-refractivity contribution in [1.82, 2.24) is 0 Å². The summed E-state index contributed by atoms with van der Waals surface area (Å²) in [6.45, 7) is 0. The third-order valence-electron chi connectivity index (χ3n) is 13.8. The van der Waals surface area contributed by atoms with Crippen LogP contribution >= 0.6 is 0 Å². The van der Waals surface area contributed by atoms with E-state index in [9.17, 15) is 0 Å². The molecular formula is C60H38O. The van der Waals surface area contributed by atoms with E-state index in [1.807, 2.05) is 0 Å². The molecule has 0 saturated heterocycles. The predicted octanol–water partition coefficient (Wildman–Crippen LogP) is 15.0. The zero-order valence-corrected chi connectivity index (χ0v) is 33.3. The molecule has 284 valence electrons. The third-order valence-corrected chi connectivity index (χ3v) is 13.8. The molecule has 0 N–H and O–H groups in total. The Bertz CT molecular complexity index is 3340. The van der Waals surface area contributed by atoms with Gasteiger partial charge in [0.25, 0.3) is 0 Å². The molecule has 2 aliphatic carbocycles. The highest BCUT2D eigenvalue weighted by Crippen LogP contribution is 2.64. The molecule has 61 heavy (non-hydrogen) atoms. The van der Waals surface area contributed by atoms with Gasteiger partial charge in [0.15, 0.2) is 0 Å². The molecule has 1 unspecified atom stereocenters. The van der Waals surface area contributed by atoms with Gasteiger partial charge in [0.1, 0.15) is 11.5 Å². The zero-order valence-electron chi connectivity index (χ0n) is 33.3. The molecule has 1 spiro atoms. The predicted molar refractivity (Wildman–Crippen MR) is 250 cm³/mol. The van der Waals surface area contributed by atoms with E-state index in [0.29, 0.717) is 0 Å². The van der Waals surface area contributed by atoms with Crippen molar-refractivity contribution < 1.29 is 4.74 Å². The lowest BCUT2D eigenvalue weighted by Gasteiger charge is -2.41. The monoisotopic (exact) mass is 774 g/mol. The average Bonchev–Trinajstić information content (AvgIpc) is 3.80. The molecule has 0 fully saturated rings. The minimum Gasteiger partial charge on any atom is -0.457 e. The van der Waals surface area contributed by atoms with E-state index >= 15 is 0 Å². The minimum absolute atomic E-state index is 0.411. The Balaban J connectivity index is 0.974. The Labute approximate surface area is 355 Å². The first-order valence-electron chi connectivity index (χ1n) is 21.2. The van der Waals surface area contributed by atoms with Crippen molar-refractivity contribution in [3.63, 3.8) is 0 Å². The number of hydrogen-bond donors (Lipinski definition) is 0. The molecule has 1 heteroatoms. The van der Waals surface area contributed by atoms with Gasteiger partial charge in [-0.25, -0.2) is 0 Å². The summed E-state index contributed by atoms with van der Waals surface area (Å²) < 4.78 is 6.72. The van der Waals surface area contributed by atoms with Gasteiger partial charge in [0, 0.05) is 11.1 Å². The molecule has 13 rings (SSSR count). The Morgan fingerprint density at radius 3 is 1.52 bits per heavy atom. The standard InChI is InChI=1S/C60H38O/c1-3-18-44(19-4-1)59(45-20-5-2-6-21-45)52-27-13-14-29-56(52)61-57-35-34-43(38-55(57)59)39-30-32-40(33-31-39)46-24-15-28-53-58(46)48-23-10-12-26-51(48)60(53)50-25-11-9-22-47(50)49-36-41-16-7-8-17-42(41)37-54(49)60/h1-38H. The van der Waals surface area contributed by atoms with Crippen molar-refractivity contribution in [3.05, 3.63) is 275 Å². The first kappa shape index (κ1) is 34.2. The summed E-state index contributed by atoms with van der Waals surface area (Å²) in [5.41, 5.74) is 19.2. The van der Waals surface area contributed by atoms with Crippen molar-refractivity contribution in [2.45, 2.75) is 10.8 Å². The summed E-state index contributed by atoms with van der Waals surface area (Å²) in [4.78, 5) is 0. The molecule has 0 saturated carbocycles. The highest BCUT2D eigenvalue weighted by molar-refractivity contribution is 6.02. The molecule has 10 aromatic rings. The van der Waals surface area contributed by atoms with E-state index in [0.717, 1.165) is 33.8 Å². The summed E-state index contributed by atoms with van der Waals surface area (Å²) in [7, 11) is 0. The van der Waals surface area contributed by atoms with E-state index in [4.69, 9.17) is 4.74 Å². The lowest BCUT2D eigenvalue weighted by molar-refractivity contribution is 0.434. The van der Waals surface area contributed by atoms with Crippen LogP contribution in [0.4, 0.5) is 0 Å². The number of rotatable bonds is 4. The highest BCUT2D eigenvalue weighted by Gasteiger charge is 2.52. The van der Waals surface area contributed by atoms with E-state index in [1.54, 1.807) is 0 Å². The largest absolute Gasteiger partial charge is 0.457 e. The van der Waals surface area contributed by atoms with E-state index in [2.05, 4.69) is 231 Å². The van der Waals surface area contributed by atoms with E-state index < -0.39 is 10.8 Å². The highest BCUT2D eigenvalue weighted by atomic mass is 16.5. The van der Waals surface area contributed by atoms with Crippen LogP contribution < -0.4 is 4.74 Å². The van der Waals surface area contributed by atoms with Crippen LogP contribution in [-0.4, -0.2) is 0 Å². The van der Waals surface area contributed by atoms with Gasteiger partial charge in [-0.15, -0.1) is 0 Å². The van der Waals surface area contributed by atoms with E-state index in [1.165, 1.54) is 77.5 Å². The quantitative estimate of drug-likeness (QED) is 0.173. The molecule has 0 amide bonds. The molecule has 1 atom stereocenters. The van der Waals surface area contributed by atoms with Gasteiger partial charge in [0.05, 0.1) is 10.8 Å². The molecule has 0 radical (unpaired) electrons. The van der Waals surface area contributed by atoms with Gasteiger partial charge < -0.3 is 4.74 Å². The van der Waals surface area contributed by atoms with Crippen LogP contribution in [0.25, 0.3) is 55.3 Å². The molecule has 0 aromatic heterocycles. The zero-order chi connectivity index (χ0) is 40.1. The summed E-state index contributed by atoms with van der Waals surface area (Å²) in [6.07, 6.45) is 0. The molecule has 1 aliphatic heterocycles. The topological polar surface area (TPSA) is 9.23 Å². The second-order valence-electron chi connectivity index (χ2n) is 16.7. The fraction of sp³-hybridized carbons (Fsp3) is 0.0333. The molecule has 1 heterocycles. The fourth-order valence-electron chi connectivity index (χ4n) is 11.3. The number of ether oxygens (including phenoxy) is 1. The second-order valence-corrected chi connectivity index (χ2v) is 16.7. The van der Waals surface area contributed by atoms with Crippen molar-refractivity contribution in [2.75, 3.05) is 0 Å². The molecular weight excluding hydrogens is 737 g/mol. The van der Waals surface area contributed by atoms with Gasteiger partial charge in [-0.3, -0.25) is 0 Å².